The fraction of sp³-hybridized carbons (Fsp3) is 0.350. The third kappa shape index (κ3) is 3.58. The lowest BCUT2D eigenvalue weighted by molar-refractivity contribution is 0.0635. The lowest BCUT2D eigenvalue weighted by Crippen LogP contribution is -2.43. The van der Waals surface area contributed by atoms with E-state index in [0.717, 1.165) is 12.2 Å². The van der Waals surface area contributed by atoms with Crippen molar-refractivity contribution >= 4 is 5.91 Å². The van der Waals surface area contributed by atoms with E-state index in [2.05, 4.69) is 6.07 Å². The number of hydrogen-bond acceptors (Lipinski definition) is 2. The molecule has 0 saturated heterocycles. The van der Waals surface area contributed by atoms with E-state index in [1.165, 1.54) is 17.7 Å². The quantitative estimate of drug-likeness (QED) is 0.851. The maximum Gasteiger partial charge on any atom is 0.254 e. The van der Waals surface area contributed by atoms with Crippen molar-refractivity contribution in [2.24, 2.45) is 5.92 Å². The average molecular weight is 327 g/mol. The number of para-hydroxylation sites is 1. The topological polar surface area (TPSA) is 29.5 Å². The van der Waals surface area contributed by atoms with E-state index < -0.39 is 0 Å². The van der Waals surface area contributed by atoms with Crippen molar-refractivity contribution in [3.8, 4) is 5.75 Å². The van der Waals surface area contributed by atoms with Gasteiger partial charge in [0.05, 0.1) is 6.61 Å². The largest absolute Gasteiger partial charge is 0.493 e. The van der Waals surface area contributed by atoms with Gasteiger partial charge in [0.25, 0.3) is 5.91 Å². The Morgan fingerprint density at radius 3 is 2.79 bits per heavy atom. The predicted octanol–water partition coefficient (Wildman–Crippen LogP) is 3.93. The summed E-state index contributed by atoms with van der Waals surface area (Å²) in [5.74, 6) is 0.643. The fourth-order valence-corrected chi connectivity index (χ4v) is 3.10. The second-order valence-electron chi connectivity index (χ2n) is 6.55. The molecule has 0 radical (unpaired) electrons. The number of nitrogens with zero attached hydrogens (tertiary/aromatic N) is 1. The maximum absolute atomic E-state index is 13.4. The molecule has 0 aliphatic carbocycles. The van der Waals surface area contributed by atoms with E-state index in [-0.39, 0.29) is 23.7 Å². The Morgan fingerprint density at radius 2 is 2.04 bits per heavy atom. The molecule has 1 unspecified atom stereocenters. The number of ether oxygens (including phenoxy) is 1. The van der Waals surface area contributed by atoms with Gasteiger partial charge in [-0.05, 0) is 50.1 Å². The number of hydrogen-bond donors (Lipinski definition) is 0. The van der Waals surface area contributed by atoms with Gasteiger partial charge in [-0.3, -0.25) is 4.79 Å². The van der Waals surface area contributed by atoms with Crippen LogP contribution in [-0.4, -0.2) is 30.0 Å². The van der Waals surface area contributed by atoms with Crippen LogP contribution in [0.4, 0.5) is 4.39 Å². The van der Waals surface area contributed by atoms with Crippen LogP contribution in [0, 0.1) is 11.7 Å². The van der Waals surface area contributed by atoms with Crippen LogP contribution in [0.15, 0.2) is 48.5 Å². The molecule has 24 heavy (non-hydrogen) atoms. The summed E-state index contributed by atoms with van der Waals surface area (Å²) in [5, 5.41) is 0. The van der Waals surface area contributed by atoms with Crippen molar-refractivity contribution < 1.29 is 13.9 Å². The van der Waals surface area contributed by atoms with Gasteiger partial charge >= 0.3 is 0 Å². The molecule has 3 nitrogen and oxygen atoms in total. The van der Waals surface area contributed by atoms with E-state index in [0.29, 0.717) is 18.7 Å². The van der Waals surface area contributed by atoms with E-state index in [9.17, 15) is 9.18 Å². The number of amides is 1. The fourth-order valence-electron chi connectivity index (χ4n) is 3.10. The van der Waals surface area contributed by atoms with Gasteiger partial charge in [0.1, 0.15) is 11.6 Å². The molecule has 2 aromatic carbocycles. The third-order valence-electron chi connectivity index (χ3n) is 4.37. The van der Waals surface area contributed by atoms with Crippen LogP contribution in [0.5, 0.6) is 5.75 Å². The first-order valence-corrected chi connectivity index (χ1v) is 8.32. The summed E-state index contributed by atoms with van der Waals surface area (Å²) in [6, 6.07) is 13.9. The molecule has 0 bridgehead atoms. The van der Waals surface area contributed by atoms with E-state index >= 15 is 0 Å². The lowest BCUT2D eigenvalue weighted by Gasteiger charge is -2.33. The molecule has 0 fully saturated rings. The van der Waals surface area contributed by atoms with Gasteiger partial charge in [-0.1, -0.05) is 24.3 Å². The Hall–Kier alpha value is -2.36. The normalized spacial score (nSPS) is 16.4. The number of fused-ring (bicyclic) bond motifs is 1. The molecular weight excluding hydrogens is 305 g/mol. The minimum Gasteiger partial charge on any atom is -0.493 e. The zero-order chi connectivity index (χ0) is 17.1. The molecule has 0 saturated carbocycles. The van der Waals surface area contributed by atoms with Gasteiger partial charge in [0.15, 0.2) is 0 Å². The highest BCUT2D eigenvalue weighted by Crippen LogP contribution is 2.27. The van der Waals surface area contributed by atoms with Crippen LogP contribution in [0.25, 0.3) is 0 Å². The second kappa shape index (κ2) is 7.04. The van der Waals surface area contributed by atoms with Gasteiger partial charge in [0.2, 0.25) is 0 Å². The number of carbonyl (C=O) groups is 1. The van der Waals surface area contributed by atoms with Gasteiger partial charge in [-0.15, -0.1) is 0 Å². The molecule has 0 aromatic heterocycles. The van der Waals surface area contributed by atoms with Crippen molar-refractivity contribution in [3.05, 3.63) is 65.5 Å². The Balaban J connectivity index is 1.74. The lowest BCUT2D eigenvalue weighted by atomic mass is 9.95. The molecule has 1 heterocycles. The van der Waals surface area contributed by atoms with Crippen LogP contribution in [0.1, 0.15) is 29.8 Å². The summed E-state index contributed by atoms with van der Waals surface area (Å²) in [6.45, 7) is 5.15. The number of halogens is 1. The number of carbonyl (C=O) groups excluding carboxylic acids is 1. The maximum atomic E-state index is 13.4. The summed E-state index contributed by atoms with van der Waals surface area (Å²) in [6.07, 6.45) is 0.885. The SMILES string of the molecule is CC(C)N(CC1COc2ccccc2C1)C(=O)c1cccc(F)c1. The predicted molar refractivity (Wildman–Crippen MR) is 91.7 cm³/mol. The van der Waals surface area contributed by atoms with Crippen molar-refractivity contribution in [3.63, 3.8) is 0 Å². The zero-order valence-electron chi connectivity index (χ0n) is 14.0. The Morgan fingerprint density at radius 1 is 1.25 bits per heavy atom. The second-order valence-corrected chi connectivity index (χ2v) is 6.55. The molecular formula is C20H22FNO2. The zero-order valence-corrected chi connectivity index (χ0v) is 14.0. The Kier molecular flexibility index (Phi) is 4.84. The molecule has 4 heteroatoms. The Bertz CT molecular complexity index is 729. The molecule has 1 amide bonds. The first kappa shape index (κ1) is 16.5. The summed E-state index contributed by atoms with van der Waals surface area (Å²) in [4.78, 5) is 14.6. The molecule has 0 spiro atoms. The molecule has 3 rings (SSSR count). The average Bonchev–Trinajstić information content (AvgIpc) is 2.58. The van der Waals surface area contributed by atoms with Crippen LogP contribution >= 0.6 is 0 Å². The van der Waals surface area contributed by atoms with Gasteiger partial charge < -0.3 is 9.64 Å². The number of rotatable bonds is 4. The van der Waals surface area contributed by atoms with E-state index in [4.69, 9.17) is 4.74 Å². The van der Waals surface area contributed by atoms with Crippen molar-refractivity contribution in [1.29, 1.82) is 0 Å². The summed E-state index contributed by atoms with van der Waals surface area (Å²) < 4.78 is 19.2. The highest BCUT2D eigenvalue weighted by Gasteiger charge is 2.26. The molecule has 1 aliphatic rings. The van der Waals surface area contributed by atoms with Gasteiger partial charge in [-0.25, -0.2) is 4.39 Å². The highest BCUT2D eigenvalue weighted by molar-refractivity contribution is 5.94. The van der Waals surface area contributed by atoms with Crippen LogP contribution in [-0.2, 0) is 6.42 Å². The molecule has 2 aromatic rings. The minimum absolute atomic E-state index is 0.0398. The monoisotopic (exact) mass is 327 g/mol. The van der Waals surface area contributed by atoms with Crippen molar-refractivity contribution in [2.45, 2.75) is 26.3 Å². The smallest absolute Gasteiger partial charge is 0.254 e. The molecule has 1 aliphatic heterocycles. The highest BCUT2D eigenvalue weighted by atomic mass is 19.1. The van der Waals surface area contributed by atoms with Crippen molar-refractivity contribution in [1.82, 2.24) is 4.90 Å². The molecule has 0 N–H and O–H groups in total. The molecule has 1 atom stereocenters. The Labute approximate surface area is 142 Å². The van der Waals surface area contributed by atoms with Crippen LogP contribution in [0.2, 0.25) is 0 Å². The summed E-state index contributed by atoms with van der Waals surface area (Å²) in [7, 11) is 0. The van der Waals surface area contributed by atoms with E-state index in [1.807, 2.05) is 32.0 Å². The van der Waals surface area contributed by atoms with Crippen LogP contribution in [0.3, 0.4) is 0 Å². The van der Waals surface area contributed by atoms with Gasteiger partial charge in [-0.2, -0.15) is 0 Å². The minimum atomic E-state index is -0.389. The summed E-state index contributed by atoms with van der Waals surface area (Å²) >= 11 is 0. The standard InChI is InChI=1S/C20H22FNO2/c1-14(2)22(20(23)17-7-5-8-18(21)11-17)12-15-10-16-6-3-4-9-19(16)24-13-15/h3-9,11,14-15H,10,12-13H2,1-2H3. The first-order chi connectivity index (χ1) is 11.5. The number of benzene rings is 2. The van der Waals surface area contributed by atoms with Crippen molar-refractivity contribution in [2.75, 3.05) is 13.2 Å². The van der Waals surface area contributed by atoms with E-state index in [1.54, 1.807) is 17.0 Å². The van der Waals surface area contributed by atoms with Gasteiger partial charge in [0, 0.05) is 24.1 Å². The molecule has 126 valence electrons. The van der Waals surface area contributed by atoms with Crippen LogP contribution < -0.4 is 4.74 Å². The third-order valence-corrected chi connectivity index (χ3v) is 4.37. The first-order valence-electron chi connectivity index (χ1n) is 8.32. The summed E-state index contributed by atoms with van der Waals surface area (Å²) in [5.41, 5.74) is 1.57.